The van der Waals surface area contributed by atoms with Gasteiger partial charge in [0.15, 0.2) is 0 Å². The van der Waals surface area contributed by atoms with Gasteiger partial charge in [0, 0.05) is 55.8 Å². The Bertz CT molecular complexity index is 1380. The van der Waals surface area contributed by atoms with Gasteiger partial charge in [0.1, 0.15) is 12.6 Å². The van der Waals surface area contributed by atoms with E-state index in [0.717, 1.165) is 17.8 Å². The first-order chi connectivity index (χ1) is 18.0. The van der Waals surface area contributed by atoms with Gasteiger partial charge in [-0.2, -0.15) is 13.2 Å². The first kappa shape index (κ1) is 25.5. The molecule has 0 bridgehead atoms. The molecule has 1 unspecified atom stereocenters. The minimum atomic E-state index is -4.49. The van der Waals surface area contributed by atoms with Crippen LogP contribution in [0.25, 0.3) is 10.9 Å². The molecule has 2 N–H and O–H groups in total. The lowest BCUT2D eigenvalue weighted by atomic mass is 10.0. The van der Waals surface area contributed by atoms with Gasteiger partial charge >= 0.3 is 6.18 Å². The summed E-state index contributed by atoms with van der Waals surface area (Å²) in [6.45, 7) is 1.36. The first-order valence-electron chi connectivity index (χ1n) is 12.1. The summed E-state index contributed by atoms with van der Waals surface area (Å²) < 4.78 is 40.0. The van der Waals surface area contributed by atoms with Crippen LogP contribution in [0.15, 0.2) is 42.9 Å². The van der Waals surface area contributed by atoms with Crippen LogP contribution in [0, 0.1) is 0 Å². The summed E-state index contributed by atoms with van der Waals surface area (Å²) in [5, 5.41) is 0.869. The highest BCUT2D eigenvalue weighted by Gasteiger charge is 2.46. The zero-order valence-electron chi connectivity index (χ0n) is 20.6. The number of halogens is 3. The molecule has 2 saturated heterocycles. The van der Waals surface area contributed by atoms with Gasteiger partial charge in [-0.1, -0.05) is 6.07 Å². The Balaban J connectivity index is 1.14. The Morgan fingerprint density at radius 3 is 2.42 bits per heavy atom. The summed E-state index contributed by atoms with van der Waals surface area (Å²) in [4.78, 5) is 50.1. The fraction of sp³-hybridized carbons (Fsp3) is 0.400. The van der Waals surface area contributed by atoms with Crippen LogP contribution in [0.3, 0.4) is 0 Å². The third-order valence-corrected chi connectivity index (χ3v) is 7.19. The SMILES string of the molecule is CN(C(=O)C1CN1C(=O)Cn1ccc2ccc(C(N)=O)cc21)C1CCN(c2ncc(C(F)(F)F)cn2)CC1. The van der Waals surface area contributed by atoms with Gasteiger partial charge in [0.25, 0.3) is 0 Å². The van der Waals surface area contributed by atoms with Crippen LogP contribution in [-0.2, 0) is 22.3 Å². The van der Waals surface area contributed by atoms with Crippen molar-refractivity contribution in [1.82, 2.24) is 24.3 Å². The standard InChI is InChI=1S/C25H26F3N7O3/c1-32(18-5-8-33(9-6-18)24-30-11-17(12-31-24)25(26,27)28)23(38)20-13-35(20)21(36)14-34-7-4-15-2-3-16(22(29)37)10-19(15)34/h2-4,7,10-12,18,20H,5-6,8-9,13-14H2,1H3,(H2,29,37). The molecular weight excluding hydrogens is 503 g/mol. The third-order valence-electron chi connectivity index (χ3n) is 7.19. The number of aromatic nitrogens is 3. The Morgan fingerprint density at radius 2 is 1.79 bits per heavy atom. The number of nitrogens with zero attached hydrogens (tertiary/aromatic N) is 6. The lowest BCUT2D eigenvalue weighted by Gasteiger charge is -2.36. The van der Waals surface area contributed by atoms with Crippen LogP contribution in [0.4, 0.5) is 19.1 Å². The smallest absolute Gasteiger partial charge is 0.366 e. The Kier molecular flexibility index (Phi) is 6.45. The van der Waals surface area contributed by atoms with Gasteiger partial charge < -0.3 is 25.0 Å². The number of likely N-dealkylation sites (N-methyl/N-ethyl adjacent to an activating group) is 1. The van der Waals surface area contributed by atoms with Crippen molar-refractivity contribution in [3.8, 4) is 0 Å². The fourth-order valence-electron chi connectivity index (χ4n) is 4.84. The highest BCUT2D eigenvalue weighted by atomic mass is 19.4. The molecule has 0 aliphatic carbocycles. The van der Waals surface area contributed by atoms with E-state index in [2.05, 4.69) is 9.97 Å². The van der Waals surface area contributed by atoms with Crippen molar-refractivity contribution in [2.45, 2.75) is 37.6 Å². The van der Waals surface area contributed by atoms with E-state index in [4.69, 9.17) is 5.73 Å². The van der Waals surface area contributed by atoms with Crippen LogP contribution >= 0.6 is 0 Å². The molecule has 0 spiro atoms. The normalized spacial score (nSPS) is 18.1. The van der Waals surface area contributed by atoms with Crippen molar-refractivity contribution in [1.29, 1.82) is 0 Å². The maximum Gasteiger partial charge on any atom is 0.419 e. The Morgan fingerprint density at radius 1 is 1.11 bits per heavy atom. The number of anilines is 1. The minimum Gasteiger partial charge on any atom is -0.366 e. The molecule has 2 aliphatic rings. The molecule has 4 heterocycles. The quantitative estimate of drug-likeness (QED) is 0.488. The zero-order valence-corrected chi connectivity index (χ0v) is 20.6. The van der Waals surface area contributed by atoms with Crippen molar-refractivity contribution < 1.29 is 27.6 Å². The number of carbonyl (C=O) groups excluding carboxylic acids is 3. The maximum atomic E-state index is 13.1. The highest BCUT2D eigenvalue weighted by molar-refractivity contribution is 5.97. The van der Waals surface area contributed by atoms with Crippen LogP contribution in [0.5, 0.6) is 0 Å². The molecular formula is C25H26F3N7O3. The van der Waals surface area contributed by atoms with E-state index in [0.29, 0.717) is 43.6 Å². The second-order valence-electron chi connectivity index (χ2n) is 9.58. The number of carbonyl (C=O) groups is 3. The predicted molar refractivity (Wildman–Crippen MR) is 131 cm³/mol. The number of benzene rings is 1. The van der Waals surface area contributed by atoms with Crippen LogP contribution < -0.4 is 10.6 Å². The number of rotatable bonds is 6. The summed E-state index contributed by atoms with van der Waals surface area (Å²) in [6.07, 6.45) is 0.0202. The third kappa shape index (κ3) is 5.00. The number of primary amides is 1. The molecule has 2 aliphatic heterocycles. The van der Waals surface area contributed by atoms with Crippen molar-refractivity contribution in [2.75, 3.05) is 31.6 Å². The van der Waals surface area contributed by atoms with Crippen LogP contribution in [0.1, 0.15) is 28.8 Å². The van der Waals surface area contributed by atoms with Gasteiger partial charge in [-0.3, -0.25) is 14.4 Å². The van der Waals surface area contributed by atoms with E-state index < -0.39 is 23.7 Å². The summed E-state index contributed by atoms with van der Waals surface area (Å²) in [6, 6.07) is 6.30. The van der Waals surface area contributed by atoms with Crippen molar-refractivity contribution >= 4 is 34.6 Å². The van der Waals surface area contributed by atoms with Crippen molar-refractivity contribution in [3.63, 3.8) is 0 Å². The number of nitrogens with two attached hydrogens (primary N) is 1. The van der Waals surface area contributed by atoms with Gasteiger partial charge in [0.05, 0.1) is 12.1 Å². The largest absolute Gasteiger partial charge is 0.419 e. The molecule has 13 heteroatoms. The second-order valence-corrected chi connectivity index (χ2v) is 9.58. The molecule has 10 nitrogen and oxygen atoms in total. The average Bonchev–Trinajstić information content (AvgIpc) is 3.62. The van der Waals surface area contributed by atoms with E-state index in [-0.39, 0.29) is 30.3 Å². The summed E-state index contributed by atoms with van der Waals surface area (Å²) in [5.74, 6) is -0.669. The lowest BCUT2D eigenvalue weighted by molar-refractivity contribution is -0.138. The molecule has 38 heavy (non-hydrogen) atoms. The molecule has 1 aromatic carbocycles. The summed E-state index contributed by atoms with van der Waals surface area (Å²) in [7, 11) is 1.71. The maximum absolute atomic E-state index is 13.1. The lowest BCUT2D eigenvalue weighted by Crippen LogP contribution is -2.47. The second kappa shape index (κ2) is 9.62. The monoisotopic (exact) mass is 529 g/mol. The van der Waals surface area contributed by atoms with Crippen LogP contribution in [0.2, 0.25) is 0 Å². The molecule has 2 aromatic heterocycles. The topological polar surface area (TPSA) is 117 Å². The van der Waals surface area contributed by atoms with Gasteiger partial charge in [-0.05, 0) is 36.4 Å². The van der Waals surface area contributed by atoms with E-state index in [1.165, 1.54) is 4.90 Å². The zero-order chi connectivity index (χ0) is 27.2. The predicted octanol–water partition coefficient (Wildman–Crippen LogP) is 1.89. The number of hydrogen-bond acceptors (Lipinski definition) is 6. The van der Waals surface area contributed by atoms with Crippen LogP contribution in [-0.4, -0.2) is 80.8 Å². The molecule has 3 aromatic rings. The number of hydrogen-bond donors (Lipinski definition) is 1. The summed E-state index contributed by atoms with van der Waals surface area (Å²) in [5.41, 5.74) is 5.53. The summed E-state index contributed by atoms with van der Waals surface area (Å²) >= 11 is 0. The number of fused-ring (bicyclic) bond motifs is 1. The molecule has 1 atom stereocenters. The molecule has 200 valence electrons. The first-order valence-corrected chi connectivity index (χ1v) is 12.1. The van der Waals surface area contributed by atoms with Gasteiger partial charge in [0.2, 0.25) is 23.7 Å². The minimum absolute atomic E-state index is 0.0325. The highest BCUT2D eigenvalue weighted by Crippen LogP contribution is 2.29. The van der Waals surface area contributed by atoms with Gasteiger partial charge in [-0.15, -0.1) is 0 Å². The fourth-order valence-corrected chi connectivity index (χ4v) is 4.84. The van der Waals surface area contributed by atoms with Gasteiger partial charge in [-0.25, -0.2) is 9.97 Å². The van der Waals surface area contributed by atoms with E-state index in [1.807, 2.05) is 6.07 Å². The van der Waals surface area contributed by atoms with Crippen molar-refractivity contribution in [3.05, 3.63) is 54.0 Å². The molecule has 5 rings (SSSR count). The van der Waals surface area contributed by atoms with E-state index in [1.54, 1.807) is 45.8 Å². The van der Waals surface area contributed by atoms with E-state index in [9.17, 15) is 27.6 Å². The van der Waals surface area contributed by atoms with Crippen molar-refractivity contribution in [2.24, 2.45) is 5.73 Å². The molecule has 2 fully saturated rings. The molecule has 0 radical (unpaired) electrons. The number of amides is 3. The van der Waals surface area contributed by atoms with E-state index >= 15 is 0 Å². The molecule has 3 amide bonds. The molecule has 0 saturated carbocycles. The Hall–Kier alpha value is -4.16. The number of piperidine rings is 1. The Labute approximate surface area is 215 Å². The number of alkyl halides is 3. The average molecular weight is 530 g/mol.